The van der Waals surface area contributed by atoms with E-state index in [2.05, 4.69) is 22.2 Å². The van der Waals surface area contributed by atoms with Crippen molar-refractivity contribution in [2.45, 2.75) is 45.3 Å². The van der Waals surface area contributed by atoms with Gasteiger partial charge in [0.1, 0.15) is 5.82 Å². The second-order valence-electron chi connectivity index (χ2n) is 5.73. The molecule has 7 nitrogen and oxygen atoms in total. The van der Waals surface area contributed by atoms with Crippen molar-refractivity contribution in [1.82, 2.24) is 14.7 Å². The van der Waals surface area contributed by atoms with Gasteiger partial charge in [-0.15, -0.1) is 0 Å². The molecule has 1 atom stereocenters. The number of amides is 1. The highest BCUT2D eigenvalue weighted by atomic mass is 19.4. The number of carbonyl (C=O) groups excluding carboxylic acids is 1. The molecule has 0 saturated carbocycles. The molecular formula is C15H23F3N4O3. The standard InChI is InChI=1S/C13H22N4O.C2HF3O2/c1-4-17-8-6-5-7-11(17)13(18)15-12-10(2)9-14-16(12)3;3-2(4,5)1(6)7/h9,11H,4-8H2,1-3H3,(H,15,18);(H,6,7). The first kappa shape index (κ1) is 20.9. The van der Waals surface area contributed by atoms with Crippen LogP contribution in [-0.4, -0.2) is 57.0 Å². The van der Waals surface area contributed by atoms with Crippen LogP contribution in [0.4, 0.5) is 19.0 Å². The summed E-state index contributed by atoms with van der Waals surface area (Å²) in [5.41, 5.74) is 1.00. The maximum atomic E-state index is 12.3. The number of rotatable bonds is 3. The highest BCUT2D eigenvalue weighted by Crippen LogP contribution is 2.19. The number of hydrogen-bond donors (Lipinski definition) is 2. The molecule has 0 aliphatic carbocycles. The number of anilines is 1. The third-order valence-corrected chi connectivity index (χ3v) is 3.93. The van der Waals surface area contributed by atoms with Crippen molar-refractivity contribution in [3.63, 3.8) is 0 Å². The molecule has 0 aromatic carbocycles. The Hall–Kier alpha value is -2.10. The average Bonchev–Trinajstić information content (AvgIpc) is 2.86. The zero-order chi connectivity index (χ0) is 19.2. The third-order valence-electron chi connectivity index (χ3n) is 3.93. The van der Waals surface area contributed by atoms with E-state index < -0.39 is 12.1 Å². The Balaban J connectivity index is 0.000000381. The molecule has 2 rings (SSSR count). The second-order valence-corrected chi connectivity index (χ2v) is 5.73. The van der Waals surface area contributed by atoms with E-state index in [-0.39, 0.29) is 11.9 Å². The summed E-state index contributed by atoms with van der Waals surface area (Å²) >= 11 is 0. The predicted octanol–water partition coefficient (Wildman–Crippen LogP) is 2.17. The number of carboxylic acid groups (broad SMARTS) is 1. The van der Waals surface area contributed by atoms with Gasteiger partial charge in [0.05, 0.1) is 12.2 Å². The number of likely N-dealkylation sites (tertiary alicyclic amines) is 1. The van der Waals surface area contributed by atoms with Crippen LogP contribution in [0.15, 0.2) is 6.20 Å². The number of aliphatic carboxylic acids is 1. The zero-order valence-electron chi connectivity index (χ0n) is 14.4. The number of carbonyl (C=O) groups is 2. The second kappa shape index (κ2) is 8.84. The maximum Gasteiger partial charge on any atom is 0.490 e. The van der Waals surface area contributed by atoms with Crippen LogP contribution >= 0.6 is 0 Å². The fraction of sp³-hybridized carbons (Fsp3) is 0.667. The van der Waals surface area contributed by atoms with Crippen LogP contribution in [0, 0.1) is 6.92 Å². The summed E-state index contributed by atoms with van der Waals surface area (Å²) in [5, 5.41) is 14.3. The first-order valence-corrected chi connectivity index (χ1v) is 7.91. The van der Waals surface area contributed by atoms with Gasteiger partial charge in [-0.3, -0.25) is 14.4 Å². The van der Waals surface area contributed by atoms with Crippen LogP contribution in [0.1, 0.15) is 31.7 Å². The van der Waals surface area contributed by atoms with Gasteiger partial charge in [-0.2, -0.15) is 18.3 Å². The summed E-state index contributed by atoms with van der Waals surface area (Å²) in [7, 11) is 1.85. The number of aromatic nitrogens is 2. The van der Waals surface area contributed by atoms with E-state index in [9.17, 15) is 18.0 Å². The molecule has 1 saturated heterocycles. The quantitative estimate of drug-likeness (QED) is 0.858. The number of aryl methyl sites for hydroxylation is 2. The lowest BCUT2D eigenvalue weighted by atomic mass is 10.0. The molecule has 1 aliphatic heterocycles. The van der Waals surface area contributed by atoms with E-state index in [4.69, 9.17) is 9.90 Å². The predicted molar refractivity (Wildman–Crippen MR) is 85.2 cm³/mol. The topological polar surface area (TPSA) is 87.5 Å². The van der Waals surface area contributed by atoms with Gasteiger partial charge in [0, 0.05) is 12.6 Å². The van der Waals surface area contributed by atoms with Gasteiger partial charge in [0.2, 0.25) is 5.91 Å². The summed E-state index contributed by atoms with van der Waals surface area (Å²) in [4.78, 5) is 23.5. The van der Waals surface area contributed by atoms with E-state index >= 15 is 0 Å². The lowest BCUT2D eigenvalue weighted by molar-refractivity contribution is -0.192. The van der Waals surface area contributed by atoms with Crippen molar-refractivity contribution >= 4 is 17.7 Å². The van der Waals surface area contributed by atoms with E-state index in [1.165, 1.54) is 6.42 Å². The molecular weight excluding hydrogens is 341 g/mol. The summed E-state index contributed by atoms with van der Waals surface area (Å²) < 4.78 is 33.5. The van der Waals surface area contributed by atoms with Crippen molar-refractivity contribution < 1.29 is 27.9 Å². The first-order valence-electron chi connectivity index (χ1n) is 7.91. The van der Waals surface area contributed by atoms with Gasteiger partial charge < -0.3 is 10.4 Å². The van der Waals surface area contributed by atoms with Crippen molar-refractivity contribution in [3.8, 4) is 0 Å². The molecule has 142 valence electrons. The molecule has 0 spiro atoms. The number of hydrogen-bond acceptors (Lipinski definition) is 4. The molecule has 1 fully saturated rings. The van der Waals surface area contributed by atoms with E-state index in [0.29, 0.717) is 0 Å². The van der Waals surface area contributed by atoms with Crippen LogP contribution < -0.4 is 5.32 Å². The van der Waals surface area contributed by atoms with Crippen molar-refractivity contribution in [1.29, 1.82) is 0 Å². The van der Waals surface area contributed by atoms with E-state index in [1.54, 1.807) is 10.9 Å². The Morgan fingerprint density at radius 2 is 2.00 bits per heavy atom. The molecule has 2 heterocycles. The maximum absolute atomic E-state index is 12.3. The van der Waals surface area contributed by atoms with Crippen LogP contribution in [-0.2, 0) is 16.6 Å². The monoisotopic (exact) mass is 364 g/mol. The number of alkyl halides is 3. The molecule has 1 aromatic heterocycles. The molecule has 0 radical (unpaired) electrons. The SMILES string of the molecule is CCN1CCCCC1C(=O)Nc1c(C)cnn1C.O=C(O)C(F)(F)F. The minimum atomic E-state index is -5.08. The average molecular weight is 364 g/mol. The Labute approximate surface area is 143 Å². The molecule has 2 N–H and O–H groups in total. The molecule has 10 heteroatoms. The Morgan fingerprint density at radius 3 is 2.44 bits per heavy atom. The van der Waals surface area contributed by atoms with Gasteiger partial charge in [-0.05, 0) is 32.9 Å². The fourth-order valence-electron chi connectivity index (χ4n) is 2.59. The van der Waals surface area contributed by atoms with Gasteiger partial charge in [0.15, 0.2) is 0 Å². The fourth-order valence-corrected chi connectivity index (χ4v) is 2.59. The minimum absolute atomic E-state index is 0.0121. The number of piperidine rings is 1. The van der Waals surface area contributed by atoms with E-state index in [1.807, 2.05) is 14.0 Å². The Bertz CT molecular complexity index is 582. The molecule has 0 bridgehead atoms. The number of likely N-dealkylation sites (N-methyl/N-ethyl adjacent to an activating group) is 1. The summed E-state index contributed by atoms with van der Waals surface area (Å²) in [5.74, 6) is -1.85. The van der Waals surface area contributed by atoms with Crippen molar-refractivity contribution in [2.24, 2.45) is 7.05 Å². The smallest absolute Gasteiger partial charge is 0.475 e. The summed E-state index contributed by atoms with van der Waals surface area (Å²) in [6.45, 7) is 6.03. The molecule has 1 aliphatic rings. The van der Waals surface area contributed by atoms with Gasteiger partial charge >= 0.3 is 12.1 Å². The highest BCUT2D eigenvalue weighted by molar-refractivity contribution is 5.94. The van der Waals surface area contributed by atoms with Crippen LogP contribution in [0.3, 0.4) is 0 Å². The van der Waals surface area contributed by atoms with E-state index in [0.717, 1.165) is 37.3 Å². The van der Waals surface area contributed by atoms with Crippen LogP contribution in [0.25, 0.3) is 0 Å². The molecule has 1 amide bonds. The van der Waals surface area contributed by atoms with Gasteiger partial charge in [0.25, 0.3) is 0 Å². The number of nitrogens with zero attached hydrogens (tertiary/aromatic N) is 3. The summed E-state index contributed by atoms with van der Waals surface area (Å²) in [6.07, 6.45) is -0.0219. The molecule has 1 unspecified atom stereocenters. The van der Waals surface area contributed by atoms with Crippen molar-refractivity contribution in [2.75, 3.05) is 18.4 Å². The lowest BCUT2D eigenvalue weighted by Gasteiger charge is -2.33. The van der Waals surface area contributed by atoms with Crippen LogP contribution in [0.2, 0.25) is 0 Å². The normalized spacial score (nSPS) is 18.2. The minimum Gasteiger partial charge on any atom is -0.475 e. The Kier molecular flexibility index (Phi) is 7.40. The first-order chi connectivity index (χ1) is 11.6. The van der Waals surface area contributed by atoms with Gasteiger partial charge in [-0.1, -0.05) is 13.3 Å². The van der Waals surface area contributed by atoms with Crippen LogP contribution in [0.5, 0.6) is 0 Å². The lowest BCUT2D eigenvalue weighted by Crippen LogP contribution is -2.47. The molecule has 25 heavy (non-hydrogen) atoms. The summed E-state index contributed by atoms with van der Waals surface area (Å²) in [6, 6.07) is 0.0121. The number of halogens is 3. The van der Waals surface area contributed by atoms with Crippen molar-refractivity contribution in [3.05, 3.63) is 11.8 Å². The zero-order valence-corrected chi connectivity index (χ0v) is 14.4. The highest BCUT2D eigenvalue weighted by Gasteiger charge is 2.38. The number of nitrogens with one attached hydrogen (secondary N) is 1. The molecule has 1 aromatic rings. The third kappa shape index (κ3) is 6.04. The number of carboxylic acids is 1. The Morgan fingerprint density at radius 1 is 1.40 bits per heavy atom. The van der Waals surface area contributed by atoms with Gasteiger partial charge in [-0.25, -0.2) is 4.79 Å². The largest absolute Gasteiger partial charge is 0.490 e.